The molecule has 0 unspecified atom stereocenters. The fourth-order valence-electron chi connectivity index (χ4n) is 0.863. The number of anilines is 1. The summed E-state index contributed by atoms with van der Waals surface area (Å²) in [6.07, 6.45) is 0. The maximum absolute atomic E-state index is 10.7. The molecule has 0 saturated heterocycles. The zero-order valence-corrected chi connectivity index (χ0v) is 7.26. The first-order valence-electron chi connectivity index (χ1n) is 3.80. The van der Waals surface area contributed by atoms with Crippen LogP contribution in [0.25, 0.3) is 0 Å². The fraction of sp³-hybridized carbons (Fsp3) is 0.500. The smallest absolute Gasteiger partial charge is 0.248 e. The lowest BCUT2D eigenvalue weighted by Crippen LogP contribution is -2.34. The van der Waals surface area contributed by atoms with Gasteiger partial charge >= 0.3 is 0 Å². The first kappa shape index (κ1) is 8.93. The van der Waals surface area contributed by atoms with E-state index in [9.17, 15) is 9.59 Å². The van der Waals surface area contributed by atoms with E-state index in [0.717, 1.165) is 6.54 Å². The summed E-state index contributed by atoms with van der Waals surface area (Å²) in [5.41, 5.74) is -0.349. The van der Waals surface area contributed by atoms with Gasteiger partial charge in [0, 0.05) is 19.2 Å². The van der Waals surface area contributed by atoms with Crippen molar-refractivity contribution < 1.29 is 0 Å². The highest BCUT2D eigenvalue weighted by Crippen LogP contribution is 1.93. The molecule has 0 fully saturated rings. The molecule has 1 rings (SSSR count). The molecular formula is C8H12N2O2. The van der Waals surface area contributed by atoms with E-state index in [2.05, 4.69) is 5.32 Å². The molecule has 0 aliphatic rings. The molecule has 0 saturated carbocycles. The zero-order valence-electron chi connectivity index (χ0n) is 7.26. The number of hydrogen-bond donors (Lipinski definition) is 1. The van der Waals surface area contributed by atoms with Crippen LogP contribution in [0, 0.1) is 0 Å². The Morgan fingerprint density at radius 1 is 1.42 bits per heavy atom. The van der Waals surface area contributed by atoms with Crippen LogP contribution in [0.2, 0.25) is 0 Å². The van der Waals surface area contributed by atoms with Gasteiger partial charge in [-0.25, -0.2) is 0 Å². The van der Waals surface area contributed by atoms with Gasteiger partial charge in [-0.1, -0.05) is 0 Å². The Morgan fingerprint density at radius 2 is 2.08 bits per heavy atom. The molecule has 4 nitrogen and oxygen atoms in total. The van der Waals surface area contributed by atoms with E-state index in [0.29, 0.717) is 12.2 Å². The summed E-state index contributed by atoms with van der Waals surface area (Å²) in [5.74, 6) is 0. The predicted molar refractivity (Wildman–Crippen MR) is 48.4 cm³/mol. The summed E-state index contributed by atoms with van der Waals surface area (Å²) >= 11 is 0. The Bertz CT molecular complexity index is 323. The van der Waals surface area contributed by atoms with Gasteiger partial charge < -0.3 is 10.2 Å². The second-order valence-corrected chi connectivity index (χ2v) is 2.98. The molecule has 0 bridgehead atoms. The van der Waals surface area contributed by atoms with Crippen molar-refractivity contribution in [3.05, 3.63) is 26.5 Å². The van der Waals surface area contributed by atoms with Crippen molar-refractivity contribution in [2.24, 2.45) is 0 Å². The summed E-state index contributed by atoms with van der Waals surface area (Å²) in [7, 11) is 3.90. The first-order valence-corrected chi connectivity index (χ1v) is 3.80. The van der Waals surface area contributed by atoms with Gasteiger partial charge in [0.25, 0.3) is 0 Å². The summed E-state index contributed by atoms with van der Waals surface area (Å²) in [4.78, 5) is 23.2. The van der Waals surface area contributed by atoms with Crippen LogP contribution in [0.1, 0.15) is 0 Å². The number of likely N-dealkylation sites (N-methyl/N-ethyl adjacent to an activating group) is 1. The average Bonchev–Trinajstić information content (AvgIpc) is 2.02. The van der Waals surface area contributed by atoms with E-state index < -0.39 is 10.9 Å². The van der Waals surface area contributed by atoms with Crippen LogP contribution in [0.15, 0.2) is 15.7 Å². The molecule has 4 heteroatoms. The Kier molecular flexibility index (Phi) is 2.60. The largest absolute Gasteiger partial charge is 0.380 e. The lowest BCUT2D eigenvalue weighted by Gasteiger charge is -2.10. The number of hydrogen-bond acceptors (Lipinski definition) is 4. The van der Waals surface area contributed by atoms with E-state index in [4.69, 9.17) is 0 Å². The molecule has 0 spiro atoms. The Labute approximate surface area is 70.5 Å². The van der Waals surface area contributed by atoms with Crippen molar-refractivity contribution in [3.8, 4) is 0 Å². The minimum absolute atomic E-state index is 0.395. The molecule has 0 aliphatic heterocycles. The molecule has 12 heavy (non-hydrogen) atoms. The topological polar surface area (TPSA) is 49.4 Å². The van der Waals surface area contributed by atoms with Crippen LogP contribution in [0.4, 0.5) is 5.69 Å². The number of rotatable bonds is 4. The van der Waals surface area contributed by atoms with E-state index in [1.54, 1.807) is 0 Å². The van der Waals surface area contributed by atoms with Crippen LogP contribution in [0.3, 0.4) is 0 Å². The SMILES string of the molecule is CN(C)CCNc1cc(=O)c1=O. The lowest BCUT2D eigenvalue weighted by atomic mass is 10.2. The van der Waals surface area contributed by atoms with Gasteiger partial charge in [0.05, 0.1) is 5.69 Å². The summed E-state index contributed by atoms with van der Waals surface area (Å²) < 4.78 is 0. The maximum atomic E-state index is 10.7. The van der Waals surface area contributed by atoms with E-state index in [1.807, 2.05) is 19.0 Å². The van der Waals surface area contributed by atoms with Crippen LogP contribution >= 0.6 is 0 Å². The normalized spacial score (nSPS) is 10.9. The van der Waals surface area contributed by atoms with E-state index in [-0.39, 0.29) is 0 Å². The van der Waals surface area contributed by atoms with Crippen LogP contribution in [-0.4, -0.2) is 32.1 Å². The Hall–Kier alpha value is -1.16. The first-order chi connectivity index (χ1) is 5.61. The quantitative estimate of drug-likeness (QED) is 0.601. The van der Waals surface area contributed by atoms with Crippen molar-refractivity contribution in [2.45, 2.75) is 0 Å². The van der Waals surface area contributed by atoms with Crippen molar-refractivity contribution >= 4 is 5.69 Å². The van der Waals surface area contributed by atoms with Gasteiger partial charge in [-0.15, -0.1) is 0 Å². The highest BCUT2D eigenvalue weighted by molar-refractivity contribution is 5.46. The molecule has 1 N–H and O–H groups in total. The van der Waals surface area contributed by atoms with Gasteiger partial charge in [-0.2, -0.15) is 0 Å². The minimum Gasteiger partial charge on any atom is -0.380 e. The van der Waals surface area contributed by atoms with E-state index in [1.165, 1.54) is 6.07 Å². The maximum Gasteiger partial charge on any atom is 0.248 e. The molecule has 0 radical (unpaired) electrons. The predicted octanol–water partition coefficient (Wildman–Crippen LogP) is -0.744. The Balaban J connectivity index is 2.32. The van der Waals surface area contributed by atoms with Gasteiger partial charge in [-0.3, -0.25) is 9.59 Å². The van der Waals surface area contributed by atoms with Crippen LogP contribution in [0.5, 0.6) is 0 Å². The molecule has 1 aromatic carbocycles. The second-order valence-electron chi connectivity index (χ2n) is 2.98. The molecule has 0 amide bonds. The second kappa shape index (κ2) is 3.49. The standard InChI is InChI=1S/C8H12N2O2/c1-10(2)4-3-9-6-5-7(11)8(6)12/h5,9H,3-4H2,1-2H3. The van der Waals surface area contributed by atoms with E-state index >= 15 is 0 Å². The molecule has 0 atom stereocenters. The third-order valence-electron chi connectivity index (χ3n) is 1.62. The highest BCUT2D eigenvalue weighted by Gasteiger charge is 2.07. The van der Waals surface area contributed by atoms with Gasteiger partial charge in [0.2, 0.25) is 10.9 Å². The fourth-order valence-corrected chi connectivity index (χ4v) is 0.863. The molecule has 0 aromatic heterocycles. The van der Waals surface area contributed by atoms with Gasteiger partial charge in [-0.05, 0) is 14.1 Å². The molecular weight excluding hydrogens is 156 g/mol. The van der Waals surface area contributed by atoms with Crippen LogP contribution < -0.4 is 16.2 Å². The summed E-state index contributed by atoms with van der Waals surface area (Å²) in [6, 6.07) is 1.33. The van der Waals surface area contributed by atoms with Crippen LogP contribution in [-0.2, 0) is 0 Å². The third kappa shape index (κ3) is 1.92. The number of nitrogens with one attached hydrogen (secondary N) is 1. The Morgan fingerprint density at radius 3 is 2.50 bits per heavy atom. The lowest BCUT2D eigenvalue weighted by molar-refractivity contribution is 0.425. The third-order valence-corrected chi connectivity index (χ3v) is 1.62. The van der Waals surface area contributed by atoms with Crippen molar-refractivity contribution in [2.75, 3.05) is 32.5 Å². The molecule has 0 aliphatic carbocycles. The molecule has 0 heterocycles. The monoisotopic (exact) mass is 168 g/mol. The van der Waals surface area contributed by atoms with Crippen molar-refractivity contribution in [1.29, 1.82) is 0 Å². The van der Waals surface area contributed by atoms with Crippen molar-refractivity contribution in [3.63, 3.8) is 0 Å². The highest BCUT2D eigenvalue weighted by atomic mass is 16.2. The zero-order chi connectivity index (χ0) is 9.14. The van der Waals surface area contributed by atoms with Gasteiger partial charge in [0.15, 0.2) is 0 Å². The average molecular weight is 168 g/mol. The van der Waals surface area contributed by atoms with Gasteiger partial charge in [0.1, 0.15) is 0 Å². The summed E-state index contributed by atoms with van der Waals surface area (Å²) in [6.45, 7) is 1.54. The summed E-state index contributed by atoms with van der Waals surface area (Å²) in [5, 5.41) is 2.88. The number of nitrogens with zero attached hydrogens (tertiary/aromatic N) is 1. The van der Waals surface area contributed by atoms with Crippen molar-refractivity contribution in [1.82, 2.24) is 4.90 Å². The minimum atomic E-state index is -0.401. The molecule has 66 valence electrons. The molecule has 1 aromatic rings.